The molecule has 3 unspecified atom stereocenters. The molecule has 0 fully saturated rings. The van der Waals surface area contributed by atoms with Gasteiger partial charge in [-0.1, -0.05) is 13.8 Å². The Morgan fingerprint density at radius 3 is 2.04 bits per heavy atom. The maximum Gasteiger partial charge on any atom is 0.327 e. The van der Waals surface area contributed by atoms with Crippen LogP contribution < -0.4 is 21.7 Å². The summed E-state index contributed by atoms with van der Waals surface area (Å²) >= 11 is 3.87. The van der Waals surface area contributed by atoms with Gasteiger partial charge in [0, 0.05) is 5.75 Å². The van der Waals surface area contributed by atoms with Gasteiger partial charge >= 0.3 is 5.97 Å². The van der Waals surface area contributed by atoms with Crippen molar-refractivity contribution in [2.45, 2.75) is 45.3 Å². The Labute approximate surface area is 146 Å². The third kappa shape index (κ3) is 8.73. The quantitative estimate of drug-likeness (QED) is 0.260. The number of carboxylic acid groups (broad SMARTS) is 1. The van der Waals surface area contributed by atoms with Crippen LogP contribution in [0.25, 0.3) is 0 Å². The average Bonchev–Trinajstić information content (AvgIpc) is 2.48. The molecule has 0 saturated heterocycles. The number of nitrogens with one attached hydrogen (secondary N) is 3. The van der Waals surface area contributed by atoms with E-state index in [0.717, 1.165) is 0 Å². The summed E-state index contributed by atoms with van der Waals surface area (Å²) in [5, 5.41) is 16.1. The Bertz CT molecular complexity index is 470. The number of carboxylic acids is 1. The molecular formula is C14H26N4O5S. The monoisotopic (exact) mass is 362 g/mol. The van der Waals surface area contributed by atoms with E-state index in [-0.39, 0.29) is 18.2 Å². The largest absolute Gasteiger partial charge is 0.480 e. The predicted octanol–water partition coefficient (Wildman–Crippen LogP) is -1.52. The molecule has 0 aliphatic carbocycles. The standard InChI is InChI=1S/C14H26N4O5S/c1-7(2)4-9(13(21)18-10(6-24)14(22)23)17-11(19)5-16-12(20)8(3)15/h7-10,24H,4-6,15H2,1-3H3,(H,16,20)(H,17,19)(H,18,21)(H,22,23). The van der Waals surface area contributed by atoms with Crippen LogP contribution in [0.3, 0.4) is 0 Å². The molecule has 6 N–H and O–H groups in total. The van der Waals surface area contributed by atoms with E-state index in [4.69, 9.17) is 10.8 Å². The van der Waals surface area contributed by atoms with E-state index in [2.05, 4.69) is 28.6 Å². The molecule has 0 saturated carbocycles. The van der Waals surface area contributed by atoms with Crippen molar-refractivity contribution in [3.05, 3.63) is 0 Å². The second-order valence-electron chi connectivity index (χ2n) is 5.84. The number of rotatable bonds is 10. The Balaban J connectivity index is 4.75. The van der Waals surface area contributed by atoms with Crippen molar-refractivity contribution >= 4 is 36.3 Å². The van der Waals surface area contributed by atoms with Gasteiger partial charge in [-0.3, -0.25) is 14.4 Å². The first-order chi connectivity index (χ1) is 11.1. The molecule has 0 aliphatic heterocycles. The number of hydrogen-bond donors (Lipinski definition) is 6. The Morgan fingerprint density at radius 1 is 1.04 bits per heavy atom. The maximum atomic E-state index is 12.2. The van der Waals surface area contributed by atoms with Crippen LogP contribution in [0.5, 0.6) is 0 Å². The lowest BCUT2D eigenvalue weighted by molar-refractivity contribution is -0.141. The molecule has 0 bridgehead atoms. The zero-order chi connectivity index (χ0) is 18.9. The van der Waals surface area contributed by atoms with E-state index in [1.165, 1.54) is 6.92 Å². The van der Waals surface area contributed by atoms with Gasteiger partial charge in [0.1, 0.15) is 12.1 Å². The van der Waals surface area contributed by atoms with E-state index >= 15 is 0 Å². The number of thiol groups is 1. The van der Waals surface area contributed by atoms with Gasteiger partial charge in [-0.15, -0.1) is 0 Å². The van der Waals surface area contributed by atoms with Crippen LogP contribution in [-0.2, 0) is 19.2 Å². The Morgan fingerprint density at radius 2 is 1.62 bits per heavy atom. The van der Waals surface area contributed by atoms with Crippen LogP contribution in [-0.4, -0.2) is 59.2 Å². The van der Waals surface area contributed by atoms with Crippen molar-refractivity contribution in [1.82, 2.24) is 16.0 Å². The van der Waals surface area contributed by atoms with Gasteiger partial charge in [-0.2, -0.15) is 12.6 Å². The number of carbonyl (C=O) groups is 4. The lowest BCUT2D eigenvalue weighted by Gasteiger charge is -2.22. The number of amides is 3. The second-order valence-corrected chi connectivity index (χ2v) is 6.20. The van der Waals surface area contributed by atoms with Crippen LogP contribution in [0.4, 0.5) is 0 Å². The van der Waals surface area contributed by atoms with Crippen molar-refractivity contribution in [3.63, 3.8) is 0 Å². The molecule has 0 spiro atoms. The number of carbonyl (C=O) groups excluding carboxylic acids is 3. The van der Waals surface area contributed by atoms with Gasteiger partial charge in [-0.05, 0) is 19.3 Å². The highest BCUT2D eigenvalue weighted by molar-refractivity contribution is 7.80. The highest BCUT2D eigenvalue weighted by atomic mass is 32.1. The minimum Gasteiger partial charge on any atom is -0.480 e. The minimum atomic E-state index is -1.21. The second kappa shape index (κ2) is 10.9. The summed E-state index contributed by atoms with van der Waals surface area (Å²) in [4.78, 5) is 46.4. The van der Waals surface area contributed by atoms with Crippen molar-refractivity contribution in [1.29, 1.82) is 0 Å². The van der Waals surface area contributed by atoms with Gasteiger partial charge in [0.2, 0.25) is 17.7 Å². The fourth-order valence-corrected chi connectivity index (χ4v) is 1.98. The zero-order valence-electron chi connectivity index (χ0n) is 14.0. The summed E-state index contributed by atoms with van der Waals surface area (Å²) in [7, 11) is 0. The first-order valence-electron chi connectivity index (χ1n) is 7.55. The molecule has 9 nitrogen and oxygen atoms in total. The molecule has 3 amide bonds. The third-order valence-electron chi connectivity index (χ3n) is 2.99. The average molecular weight is 362 g/mol. The molecule has 0 aromatic heterocycles. The van der Waals surface area contributed by atoms with Gasteiger partial charge in [0.05, 0.1) is 12.6 Å². The first kappa shape index (κ1) is 22.2. The smallest absolute Gasteiger partial charge is 0.327 e. The maximum absolute atomic E-state index is 12.2. The molecule has 10 heteroatoms. The van der Waals surface area contributed by atoms with E-state index in [1.54, 1.807) is 0 Å². The van der Waals surface area contributed by atoms with Crippen molar-refractivity contribution in [2.75, 3.05) is 12.3 Å². The summed E-state index contributed by atoms with van der Waals surface area (Å²) in [5.74, 6) is -2.87. The van der Waals surface area contributed by atoms with E-state index in [1.807, 2.05) is 13.8 Å². The van der Waals surface area contributed by atoms with Crippen LogP contribution in [0.15, 0.2) is 0 Å². The van der Waals surface area contributed by atoms with Crippen LogP contribution in [0.2, 0.25) is 0 Å². The highest BCUT2D eigenvalue weighted by Gasteiger charge is 2.26. The van der Waals surface area contributed by atoms with Gasteiger partial charge in [-0.25, -0.2) is 4.79 Å². The van der Waals surface area contributed by atoms with E-state index in [0.29, 0.717) is 6.42 Å². The SMILES string of the molecule is CC(C)CC(NC(=O)CNC(=O)C(C)N)C(=O)NC(CS)C(=O)O. The van der Waals surface area contributed by atoms with Crippen LogP contribution in [0, 0.1) is 5.92 Å². The summed E-state index contributed by atoms with van der Waals surface area (Å²) in [5.41, 5.74) is 5.37. The molecule has 0 rings (SSSR count). The molecule has 0 radical (unpaired) electrons. The normalized spacial score (nSPS) is 14.4. The number of nitrogens with two attached hydrogens (primary N) is 1. The molecule has 24 heavy (non-hydrogen) atoms. The Kier molecular flexibility index (Phi) is 10.0. The molecule has 138 valence electrons. The molecule has 0 aromatic rings. The minimum absolute atomic E-state index is 0.0755. The third-order valence-corrected chi connectivity index (χ3v) is 3.36. The fourth-order valence-electron chi connectivity index (χ4n) is 1.73. The van der Waals surface area contributed by atoms with Crippen LogP contribution in [0.1, 0.15) is 27.2 Å². The summed E-state index contributed by atoms with van der Waals surface area (Å²) in [6, 6.07) is -2.81. The summed E-state index contributed by atoms with van der Waals surface area (Å²) in [6.45, 7) is 4.87. The lowest BCUT2D eigenvalue weighted by Crippen LogP contribution is -2.54. The van der Waals surface area contributed by atoms with Crippen molar-refractivity contribution in [2.24, 2.45) is 11.7 Å². The summed E-state index contributed by atoms with van der Waals surface area (Å²) in [6.07, 6.45) is 0.317. The molecule has 3 atom stereocenters. The van der Waals surface area contributed by atoms with Crippen molar-refractivity contribution < 1.29 is 24.3 Å². The molecular weight excluding hydrogens is 336 g/mol. The highest BCUT2D eigenvalue weighted by Crippen LogP contribution is 2.05. The number of aliphatic carboxylic acids is 1. The van der Waals surface area contributed by atoms with Crippen molar-refractivity contribution in [3.8, 4) is 0 Å². The van der Waals surface area contributed by atoms with E-state index < -0.39 is 41.8 Å². The molecule has 0 aromatic carbocycles. The van der Waals surface area contributed by atoms with Gasteiger partial charge in [0.25, 0.3) is 0 Å². The predicted molar refractivity (Wildman–Crippen MR) is 91.5 cm³/mol. The van der Waals surface area contributed by atoms with Crippen LogP contribution >= 0.6 is 12.6 Å². The van der Waals surface area contributed by atoms with E-state index in [9.17, 15) is 19.2 Å². The molecule has 0 aliphatic rings. The fraction of sp³-hybridized carbons (Fsp3) is 0.714. The molecule has 0 heterocycles. The zero-order valence-corrected chi connectivity index (χ0v) is 14.9. The lowest BCUT2D eigenvalue weighted by atomic mass is 10.0. The number of hydrogen-bond acceptors (Lipinski definition) is 6. The Hall–Kier alpha value is -1.81. The van der Waals surface area contributed by atoms with Gasteiger partial charge < -0.3 is 26.8 Å². The van der Waals surface area contributed by atoms with Gasteiger partial charge in [0.15, 0.2) is 0 Å². The topological polar surface area (TPSA) is 151 Å². The first-order valence-corrected chi connectivity index (χ1v) is 8.18. The summed E-state index contributed by atoms with van der Waals surface area (Å²) < 4.78 is 0.